The summed E-state index contributed by atoms with van der Waals surface area (Å²) in [6.45, 7) is 0. The summed E-state index contributed by atoms with van der Waals surface area (Å²) < 4.78 is 4.94. The smallest absolute Gasteiger partial charge is 0.0977 e. The third kappa shape index (κ3) is 2.47. The summed E-state index contributed by atoms with van der Waals surface area (Å²) in [7, 11) is 0. The standard InChI is InChI=1S/C28H17N3S/c1-2-9-25-20(6-1)21-14-15-23-26(28(21)32-25)27-24(8-5-17-30-27)31(23)19-12-10-18(11-13-19)22-7-3-4-16-29-22/h1-17H. The first-order valence-electron chi connectivity index (χ1n) is 10.6. The molecule has 32 heavy (non-hydrogen) atoms. The van der Waals surface area contributed by atoms with Gasteiger partial charge in [0.2, 0.25) is 0 Å². The molecule has 0 amide bonds. The molecule has 4 heteroatoms. The molecule has 7 rings (SSSR count). The highest BCUT2D eigenvalue weighted by Crippen LogP contribution is 2.42. The molecule has 0 aliphatic carbocycles. The lowest BCUT2D eigenvalue weighted by Gasteiger charge is -2.09. The molecule has 3 aromatic carbocycles. The number of rotatable bonds is 2. The highest BCUT2D eigenvalue weighted by Gasteiger charge is 2.18. The van der Waals surface area contributed by atoms with Gasteiger partial charge in [0.1, 0.15) is 0 Å². The second kappa shape index (κ2) is 6.74. The van der Waals surface area contributed by atoms with Crippen molar-refractivity contribution >= 4 is 53.4 Å². The molecule has 0 spiro atoms. The van der Waals surface area contributed by atoms with Gasteiger partial charge in [-0.2, -0.15) is 0 Å². The Hall–Kier alpha value is -4.02. The maximum atomic E-state index is 4.82. The van der Waals surface area contributed by atoms with Crippen LogP contribution in [0.15, 0.2) is 103 Å². The lowest BCUT2D eigenvalue weighted by atomic mass is 10.1. The molecule has 0 aliphatic rings. The van der Waals surface area contributed by atoms with Crippen LogP contribution in [0.3, 0.4) is 0 Å². The van der Waals surface area contributed by atoms with Gasteiger partial charge in [0.15, 0.2) is 0 Å². The van der Waals surface area contributed by atoms with Crippen LogP contribution >= 0.6 is 11.3 Å². The molecule has 0 atom stereocenters. The highest BCUT2D eigenvalue weighted by molar-refractivity contribution is 7.26. The molecule has 4 heterocycles. The summed E-state index contributed by atoms with van der Waals surface area (Å²) in [6.07, 6.45) is 3.72. The maximum Gasteiger partial charge on any atom is 0.0977 e. The Bertz CT molecular complexity index is 1760. The number of thiophene rings is 1. The van der Waals surface area contributed by atoms with Gasteiger partial charge in [-0.15, -0.1) is 11.3 Å². The Morgan fingerprint density at radius 2 is 1.47 bits per heavy atom. The van der Waals surface area contributed by atoms with Gasteiger partial charge in [0.25, 0.3) is 0 Å². The van der Waals surface area contributed by atoms with E-state index in [1.54, 1.807) is 0 Å². The molecule has 7 aromatic rings. The van der Waals surface area contributed by atoms with Crippen molar-refractivity contribution < 1.29 is 0 Å². The van der Waals surface area contributed by atoms with Crippen LogP contribution in [0, 0.1) is 0 Å². The number of fused-ring (bicyclic) bond motifs is 7. The maximum absolute atomic E-state index is 4.82. The SMILES string of the molecule is c1ccc(-c2ccc(-n3c4cccnc4c4c5sc6ccccc6c5ccc43)cc2)nc1. The Morgan fingerprint density at radius 3 is 2.34 bits per heavy atom. The van der Waals surface area contributed by atoms with Crippen LogP contribution in [0.5, 0.6) is 0 Å². The first-order valence-corrected chi connectivity index (χ1v) is 11.4. The fourth-order valence-corrected chi connectivity index (χ4v) is 5.93. The van der Waals surface area contributed by atoms with Crippen LogP contribution in [0.1, 0.15) is 0 Å². The van der Waals surface area contributed by atoms with Gasteiger partial charge < -0.3 is 4.57 Å². The predicted molar refractivity (Wildman–Crippen MR) is 135 cm³/mol. The molecular weight excluding hydrogens is 410 g/mol. The van der Waals surface area contributed by atoms with Crippen molar-refractivity contribution in [3.63, 3.8) is 0 Å². The minimum absolute atomic E-state index is 0.981. The summed E-state index contributed by atoms with van der Waals surface area (Å²) in [5.74, 6) is 0. The van der Waals surface area contributed by atoms with E-state index in [-0.39, 0.29) is 0 Å². The third-order valence-corrected chi connectivity index (χ3v) is 7.32. The summed E-state index contributed by atoms with van der Waals surface area (Å²) in [5.41, 5.74) is 6.57. The van der Waals surface area contributed by atoms with Gasteiger partial charge in [-0.1, -0.05) is 42.5 Å². The number of hydrogen-bond donors (Lipinski definition) is 0. The second-order valence-electron chi connectivity index (χ2n) is 7.90. The average Bonchev–Trinajstić information content (AvgIpc) is 3.40. The van der Waals surface area contributed by atoms with E-state index in [9.17, 15) is 0 Å². The number of aromatic nitrogens is 3. The number of hydrogen-bond acceptors (Lipinski definition) is 3. The molecule has 4 aromatic heterocycles. The van der Waals surface area contributed by atoms with Crippen LogP contribution in [0.25, 0.3) is 59.1 Å². The quantitative estimate of drug-likeness (QED) is 0.284. The van der Waals surface area contributed by atoms with Crippen molar-refractivity contribution in [2.24, 2.45) is 0 Å². The zero-order chi connectivity index (χ0) is 21.1. The van der Waals surface area contributed by atoms with E-state index in [2.05, 4.69) is 76.3 Å². The number of pyridine rings is 2. The molecule has 0 saturated carbocycles. The van der Waals surface area contributed by atoms with E-state index in [0.29, 0.717) is 0 Å². The van der Waals surface area contributed by atoms with Crippen molar-refractivity contribution in [3.05, 3.63) is 103 Å². The molecule has 0 aliphatic heterocycles. The topological polar surface area (TPSA) is 30.7 Å². The van der Waals surface area contributed by atoms with E-state index < -0.39 is 0 Å². The van der Waals surface area contributed by atoms with Gasteiger partial charge in [0, 0.05) is 49.2 Å². The van der Waals surface area contributed by atoms with Gasteiger partial charge in [-0.05, 0) is 48.5 Å². The Labute approximate surface area is 188 Å². The molecule has 0 bridgehead atoms. The first-order chi connectivity index (χ1) is 15.9. The minimum atomic E-state index is 0.981. The third-order valence-electron chi connectivity index (χ3n) is 6.12. The molecule has 3 nitrogen and oxygen atoms in total. The summed E-state index contributed by atoms with van der Waals surface area (Å²) in [6, 6.07) is 31.9. The lowest BCUT2D eigenvalue weighted by Crippen LogP contribution is -1.94. The molecule has 0 saturated heterocycles. The van der Waals surface area contributed by atoms with Gasteiger partial charge in [-0.3, -0.25) is 9.97 Å². The van der Waals surface area contributed by atoms with Crippen molar-refractivity contribution in [2.45, 2.75) is 0 Å². The Balaban J connectivity index is 1.53. The highest BCUT2D eigenvalue weighted by atomic mass is 32.1. The molecular formula is C28H17N3S. The van der Waals surface area contributed by atoms with E-state index in [0.717, 1.165) is 28.0 Å². The molecule has 0 fully saturated rings. The number of benzene rings is 3. The minimum Gasteiger partial charge on any atom is -0.308 e. The van der Waals surface area contributed by atoms with Crippen LogP contribution in [-0.4, -0.2) is 14.5 Å². The van der Waals surface area contributed by atoms with Crippen molar-refractivity contribution in [1.29, 1.82) is 0 Å². The second-order valence-corrected chi connectivity index (χ2v) is 8.96. The van der Waals surface area contributed by atoms with E-state index >= 15 is 0 Å². The Kier molecular flexibility index (Phi) is 3.72. The molecule has 0 unspecified atom stereocenters. The van der Waals surface area contributed by atoms with Crippen LogP contribution in [-0.2, 0) is 0 Å². The largest absolute Gasteiger partial charge is 0.308 e. The zero-order valence-electron chi connectivity index (χ0n) is 17.1. The molecule has 150 valence electrons. The first kappa shape index (κ1) is 17.6. The summed E-state index contributed by atoms with van der Waals surface area (Å²) >= 11 is 1.85. The van der Waals surface area contributed by atoms with Crippen molar-refractivity contribution in [2.75, 3.05) is 0 Å². The fourth-order valence-electron chi connectivity index (χ4n) is 4.69. The predicted octanol–water partition coefficient (Wildman–Crippen LogP) is 7.61. The molecule has 0 N–H and O–H groups in total. The van der Waals surface area contributed by atoms with Crippen LogP contribution in [0.2, 0.25) is 0 Å². The van der Waals surface area contributed by atoms with Gasteiger partial charge >= 0.3 is 0 Å². The van der Waals surface area contributed by atoms with E-state index in [1.807, 2.05) is 48.0 Å². The number of nitrogens with zero attached hydrogens (tertiary/aromatic N) is 3. The van der Waals surface area contributed by atoms with Crippen molar-refractivity contribution in [1.82, 2.24) is 14.5 Å². The Morgan fingerprint density at radius 1 is 0.625 bits per heavy atom. The van der Waals surface area contributed by atoms with Crippen LogP contribution < -0.4 is 0 Å². The molecule has 0 radical (unpaired) electrons. The van der Waals surface area contributed by atoms with Crippen LogP contribution in [0.4, 0.5) is 0 Å². The monoisotopic (exact) mass is 427 g/mol. The van der Waals surface area contributed by atoms with E-state index in [4.69, 9.17) is 4.98 Å². The van der Waals surface area contributed by atoms with Gasteiger partial charge in [0.05, 0.1) is 22.2 Å². The lowest BCUT2D eigenvalue weighted by molar-refractivity contribution is 1.17. The fraction of sp³-hybridized carbons (Fsp3) is 0. The summed E-state index contributed by atoms with van der Waals surface area (Å²) in [4.78, 5) is 9.30. The average molecular weight is 428 g/mol. The van der Waals surface area contributed by atoms with E-state index in [1.165, 1.54) is 31.1 Å². The zero-order valence-corrected chi connectivity index (χ0v) is 17.9. The van der Waals surface area contributed by atoms with Crippen molar-refractivity contribution in [3.8, 4) is 16.9 Å². The summed E-state index contributed by atoms with van der Waals surface area (Å²) in [5, 5.41) is 3.84. The normalized spacial score (nSPS) is 11.8. The van der Waals surface area contributed by atoms with Gasteiger partial charge in [-0.25, -0.2) is 0 Å².